The van der Waals surface area contributed by atoms with Gasteiger partial charge in [-0.25, -0.2) is 4.79 Å². The first-order valence-electron chi connectivity index (χ1n) is 4.36. The number of carbonyl (C=O) groups excluding carboxylic acids is 1. The molecule has 0 aromatic rings. The van der Waals surface area contributed by atoms with Crippen molar-refractivity contribution in [3.8, 4) is 0 Å². The lowest BCUT2D eigenvalue weighted by Crippen LogP contribution is -2.39. The lowest BCUT2D eigenvalue weighted by Gasteiger charge is -2.19. The molecule has 1 amide bonds. The number of carbonyl (C=O) groups is 1. The number of alkyl carbamates (subject to hydrolysis) is 1. The summed E-state index contributed by atoms with van der Waals surface area (Å²) in [5.41, 5.74) is 0. The molecule has 90 valence electrons. The fourth-order valence-corrected chi connectivity index (χ4v) is 0.612. The molecule has 0 radical (unpaired) electrons. The first-order chi connectivity index (χ1) is 6.72. The molecule has 1 unspecified atom stereocenters. The van der Waals surface area contributed by atoms with Gasteiger partial charge in [0.1, 0.15) is 0 Å². The lowest BCUT2D eigenvalue weighted by molar-refractivity contribution is -0.160. The standard InChI is InChI=1S/C8H15F3N2O2/c1-6(13(2)3)4-12-7(14)15-5-8(9,10)11/h6H,4-5H2,1-3H3,(H,12,14). The Morgan fingerprint density at radius 2 is 2.00 bits per heavy atom. The third-order valence-corrected chi connectivity index (χ3v) is 1.79. The number of alkyl halides is 3. The third kappa shape index (κ3) is 8.04. The zero-order valence-electron chi connectivity index (χ0n) is 8.89. The second-order valence-corrected chi connectivity index (χ2v) is 3.38. The molecular formula is C8H15F3N2O2. The molecule has 0 aromatic carbocycles. The van der Waals surface area contributed by atoms with Gasteiger partial charge in [-0.3, -0.25) is 0 Å². The van der Waals surface area contributed by atoms with Gasteiger partial charge in [0, 0.05) is 12.6 Å². The Bertz CT molecular complexity index is 207. The number of hydrogen-bond donors (Lipinski definition) is 1. The molecule has 0 heterocycles. The normalized spacial score (nSPS) is 13.8. The van der Waals surface area contributed by atoms with Crippen molar-refractivity contribution in [3.63, 3.8) is 0 Å². The van der Waals surface area contributed by atoms with Crippen molar-refractivity contribution >= 4 is 6.09 Å². The van der Waals surface area contributed by atoms with Crippen molar-refractivity contribution in [2.24, 2.45) is 0 Å². The smallest absolute Gasteiger partial charge is 0.422 e. The van der Waals surface area contributed by atoms with Crippen LogP contribution in [0.2, 0.25) is 0 Å². The number of nitrogens with zero attached hydrogens (tertiary/aromatic N) is 1. The zero-order chi connectivity index (χ0) is 12.1. The first kappa shape index (κ1) is 14.0. The Balaban J connectivity index is 3.67. The Morgan fingerprint density at radius 1 is 1.47 bits per heavy atom. The van der Waals surface area contributed by atoms with E-state index >= 15 is 0 Å². The molecule has 15 heavy (non-hydrogen) atoms. The van der Waals surface area contributed by atoms with Crippen LogP contribution in [-0.2, 0) is 4.74 Å². The molecule has 0 aliphatic heterocycles. The maximum absolute atomic E-state index is 11.6. The fourth-order valence-electron chi connectivity index (χ4n) is 0.612. The highest BCUT2D eigenvalue weighted by atomic mass is 19.4. The molecule has 7 heteroatoms. The van der Waals surface area contributed by atoms with Gasteiger partial charge in [-0.1, -0.05) is 0 Å². The number of hydrogen-bond acceptors (Lipinski definition) is 3. The van der Waals surface area contributed by atoms with Gasteiger partial charge >= 0.3 is 12.3 Å². The van der Waals surface area contributed by atoms with Crippen molar-refractivity contribution in [2.75, 3.05) is 27.2 Å². The first-order valence-corrected chi connectivity index (χ1v) is 4.36. The zero-order valence-corrected chi connectivity index (χ0v) is 8.89. The molecule has 0 fully saturated rings. The summed E-state index contributed by atoms with van der Waals surface area (Å²) in [4.78, 5) is 12.6. The number of rotatable bonds is 4. The second-order valence-electron chi connectivity index (χ2n) is 3.38. The van der Waals surface area contributed by atoms with Crippen LogP contribution in [0.5, 0.6) is 0 Å². The molecule has 0 aromatic heterocycles. The van der Waals surface area contributed by atoms with Crippen molar-refractivity contribution in [3.05, 3.63) is 0 Å². The van der Waals surface area contributed by atoms with Gasteiger partial charge in [-0.2, -0.15) is 13.2 Å². The van der Waals surface area contributed by atoms with Crippen molar-refractivity contribution in [1.29, 1.82) is 0 Å². The maximum atomic E-state index is 11.6. The Labute approximate surface area is 86.4 Å². The summed E-state index contributed by atoms with van der Waals surface area (Å²) in [7, 11) is 3.60. The van der Waals surface area contributed by atoms with Gasteiger partial charge in [-0.05, 0) is 21.0 Å². The minimum absolute atomic E-state index is 0.0310. The Kier molecular flexibility index (Phi) is 5.41. The second kappa shape index (κ2) is 5.79. The number of amides is 1. The molecule has 0 saturated carbocycles. The molecule has 0 saturated heterocycles. The van der Waals surface area contributed by atoms with Crippen LogP contribution < -0.4 is 5.32 Å². The summed E-state index contributed by atoms with van der Waals surface area (Å²) >= 11 is 0. The van der Waals surface area contributed by atoms with Gasteiger partial charge in [0.25, 0.3) is 0 Å². The SMILES string of the molecule is CC(CNC(=O)OCC(F)(F)F)N(C)C. The Hall–Kier alpha value is -0.980. The fraction of sp³-hybridized carbons (Fsp3) is 0.875. The van der Waals surface area contributed by atoms with Gasteiger partial charge in [0.15, 0.2) is 6.61 Å². The molecule has 0 rings (SSSR count). The molecule has 1 N–H and O–H groups in total. The molecule has 0 aliphatic carbocycles. The monoisotopic (exact) mass is 228 g/mol. The molecule has 1 atom stereocenters. The number of ether oxygens (including phenoxy) is 1. The van der Waals surface area contributed by atoms with Crippen LogP contribution in [0.4, 0.5) is 18.0 Å². The highest BCUT2D eigenvalue weighted by molar-refractivity contribution is 5.67. The minimum atomic E-state index is -4.48. The molecule has 4 nitrogen and oxygen atoms in total. The summed E-state index contributed by atoms with van der Waals surface area (Å²) in [6.07, 6.45) is -5.54. The van der Waals surface area contributed by atoms with E-state index in [4.69, 9.17) is 0 Å². The van der Waals surface area contributed by atoms with Crippen LogP contribution in [0.3, 0.4) is 0 Å². The van der Waals surface area contributed by atoms with Crippen LogP contribution >= 0.6 is 0 Å². The van der Waals surface area contributed by atoms with Gasteiger partial charge < -0.3 is 15.0 Å². The van der Waals surface area contributed by atoms with Crippen molar-refractivity contribution in [1.82, 2.24) is 10.2 Å². The summed E-state index contributed by atoms with van der Waals surface area (Å²) in [6, 6.07) is 0.0310. The molecule has 0 aliphatic rings. The van der Waals surface area contributed by atoms with Gasteiger partial charge in [-0.15, -0.1) is 0 Å². The van der Waals surface area contributed by atoms with E-state index in [0.29, 0.717) is 0 Å². The van der Waals surface area contributed by atoms with Crippen LogP contribution in [0.1, 0.15) is 6.92 Å². The van der Waals surface area contributed by atoms with Gasteiger partial charge in [0.05, 0.1) is 0 Å². The van der Waals surface area contributed by atoms with Crippen LogP contribution in [0.15, 0.2) is 0 Å². The third-order valence-electron chi connectivity index (χ3n) is 1.79. The highest BCUT2D eigenvalue weighted by Gasteiger charge is 2.29. The summed E-state index contributed by atoms with van der Waals surface area (Å²) in [5, 5.41) is 2.23. The molecule has 0 spiro atoms. The number of nitrogens with one attached hydrogen (secondary N) is 1. The van der Waals surface area contributed by atoms with E-state index in [0.717, 1.165) is 0 Å². The largest absolute Gasteiger partial charge is 0.440 e. The van der Waals surface area contributed by atoms with E-state index in [1.54, 1.807) is 14.1 Å². The van der Waals surface area contributed by atoms with Crippen molar-refractivity contribution < 1.29 is 22.7 Å². The topological polar surface area (TPSA) is 41.6 Å². The maximum Gasteiger partial charge on any atom is 0.422 e. The average molecular weight is 228 g/mol. The highest BCUT2D eigenvalue weighted by Crippen LogP contribution is 2.14. The van der Waals surface area contributed by atoms with Crippen LogP contribution in [0.25, 0.3) is 0 Å². The van der Waals surface area contributed by atoms with Crippen LogP contribution in [0, 0.1) is 0 Å². The van der Waals surface area contributed by atoms with E-state index in [1.165, 1.54) is 0 Å². The molecular weight excluding hydrogens is 213 g/mol. The van der Waals surface area contributed by atoms with Crippen molar-refractivity contribution in [2.45, 2.75) is 19.1 Å². The quantitative estimate of drug-likeness (QED) is 0.786. The minimum Gasteiger partial charge on any atom is -0.440 e. The van der Waals surface area contributed by atoms with Crippen LogP contribution in [-0.4, -0.2) is 50.5 Å². The van der Waals surface area contributed by atoms with Gasteiger partial charge in [0.2, 0.25) is 0 Å². The predicted molar refractivity (Wildman–Crippen MR) is 48.6 cm³/mol. The number of halogens is 3. The molecule has 0 bridgehead atoms. The van der Waals surface area contributed by atoms with E-state index in [1.807, 2.05) is 11.8 Å². The van der Waals surface area contributed by atoms with E-state index in [-0.39, 0.29) is 12.6 Å². The summed E-state index contributed by atoms with van der Waals surface area (Å²) in [5.74, 6) is 0. The van der Waals surface area contributed by atoms with E-state index in [2.05, 4.69) is 10.1 Å². The lowest BCUT2D eigenvalue weighted by atomic mass is 10.3. The van der Waals surface area contributed by atoms with E-state index in [9.17, 15) is 18.0 Å². The summed E-state index contributed by atoms with van der Waals surface area (Å²) in [6.45, 7) is 0.503. The predicted octanol–water partition coefficient (Wildman–Crippen LogP) is 1.23. The number of likely N-dealkylation sites (N-methyl/N-ethyl adjacent to an activating group) is 1. The average Bonchev–Trinajstić information content (AvgIpc) is 2.09. The summed E-state index contributed by atoms with van der Waals surface area (Å²) < 4.78 is 38.8. The Morgan fingerprint density at radius 3 is 2.40 bits per heavy atom. The van der Waals surface area contributed by atoms with E-state index < -0.39 is 18.9 Å².